The fraction of sp³-hybridized carbons (Fsp3) is 0.0714. The summed E-state index contributed by atoms with van der Waals surface area (Å²) in [7, 11) is -1.82. The van der Waals surface area contributed by atoms with Gasteiger partial charge in [-0.25, -0.2) is 0 Å². The minimum atomic E-state index is -1.82. The first kappa shape index (κ1) is 16.4. The van der Waals surface area contributed by atoms with Crippen LogP contribution in [0.1, 0.15) is 0 Å². The summed E-state index contributed by atoms with van der Waals surface area (Å²) in [4.78, 5) is 3.84. The molecule has 0 fully saturated rings. The molecule has 0 radical (unpaired) electrons. The molecule has 1 aromatic heterocycles. The summed E-state index contributed by atoms with van der Waals surface area (Å²) in [5, 5.41) is 11.2. The van der Waals surface area contributed by atoms with Gasteiger partial charge in [-0.1, -0.05) is 92.0 Å². The van der Waals surface area contributed by atoms with Crippen LogP contribution in [0.4, 0.5) is 0 Å². The summed E-state index contributed by atoms with van der Waals surface area (Å²) in [5.41, 5.74) is 5.48. The SMILES string of the molecule is C[Si]1(C)c2ccc3ccccc3c2-c2ccc3c([nH]c4ccc5ccccc5c43)c21. The van der Waals surface area contributed by atoms with E-state index in [-0.39, 0.29) is 0 Å². The van der Waals surface area contributed by atoms with E-state index in [1.165, 1.54) is 54.5 Å². The monoisotopic (exact) mass is 399 g/mol. The van der Waals surface area contributed by atoms with Gasteiger partial charge in [-0.2, -0.15) is 0 Å². The minimum absolute atomic E-state index is 1.24. The molecule has 5 aromatic carbocycles. The minimum Gasteiger partial charge on any atom is -0.355 e. The third-order valence-corrected chi connectivity index (χ3v) is 10.7. The molecule has 1 N–H and O–H groups in total. The van der Waals surface area contributed by atoms with E-state index >= 15 is 0 Å². The highest BCUT2D eigenvalue weighted by Gasteiger charge is 2.40. The Morgan fingerprint density at radius 3 is 2.17 bits per heavy atom. The highest BCUT2D eigenvalue weighted by Crippen LogP contribution is 2.39. The average Bonchev–Trinajstić information content (AvgIpc) is 3.26. The van der Waals surface area contributed by atoms with Gasteiger partial charge in [0.25, 0.3) is 0 Å². The quantitative estimate of drug-likeness (QED) is 0.283. The molecule has 6 aromatic rings. The number of hydrogen-bond acceptors (Lipinski definition) is 0. The maximum atomic E-state index is 3.84. The standard InChI is InChI=1S/C28H21NSi/c1-30(2)24-16-12-18-8-4-6-10-20(18)26(24)22-14-13-21-25-19-9-5-3-7-17(19)11-15-23(25)29-27(21)28(22)30/h3-16,29H,1-2H3. The Labute approximate surface area is 176 Å². The Morgan fingerprint density at radius 2 is 1.33 bits per heavy atom. The maximum absolute atomic E-state index is 3.84. The van der Waals surface area contributed by atoms with Crippen LogP contribution in [0.25, 0.3) is 54.5 Å². The van der Waals surface area contributed by atoms with Crippen LogP contribution in [0.3, 0.4) is 0 Å². The zero-order valence-electron chi connectivity index (χ0n) is 17.1. The lowest BCUT2D eigenvalue weighted by Crippen LogP contribution is -2.49. The van der Waals surface area contributed by atoms with Crippen molar-refractivity contribution in [3.8, 4) is 11.1 Å². The van der Waals surface area contributed by atoms with E-state index in [1.54, 1.807) is 10.4 Å². The summed E-state index contributed by atoms with van der Waals surface area (Å²) >= 11 is 0. The molecule has 0 saturated carbocycles. The Balaban J connectivity index is 1.68. The number of H-pyrrole nitrogens is 1. The molecule has 1 nitrogen and oxygen atoms in total. The molecule has 1 aliphatic rings. The molecule has 0 amide bonds. The first-order valence-corrected chi connectivity index (χ1v) is 13.6. The third-order valence-electron chi connectivity index (χ3n) is 7.16. The number of aromatic nitrogens is 1. The lowest BCUT2D eigenvalue weighted by atomic mass is 9.97. The number of aromatic amines is 1. The number of fused-ring (bicyclic) bond motifs is 11. The van der Waals surface area contributed by atoms with Gasteiger partial charge in [0.15, 0.2) is 0 Å². The molecule has 0 unspecified atom stereocenters. The molecule has 30 heavy (non-hydrogen) atoms. The molecule has 2 heterocycles. The van der Waals surface area contributed by atoms with Gasteiger partial charge in [0.2, 0.25) is 0 Å². The lowest BCUT2D eigenvalue weighted by Gasteiger charge is -2.19. The fourth-order valence-electron chi connectivity index (χ4n) is 5.82. The van der Waals surface area contributed by atoms with E-state index in [0.717, 1.165) is 0 Å². The summed E-state index contributed by atoms with van der Waals surface area (Å²) in [6.45, 7) is 5.02. The van der Waals surface area contributed by atoms with E-state index in [0.29, 0.717) is 0 Å². The lowest BCUT2D eigenvalue weighted by molar-refractivity contribution is 1.56. The first-order chi connectivity index (χ1) is 14.6. The van der Waals surface area contributed by atoms with E-state index < -0.39 is 8.07 Å². The third kappa shape index (κ3) is 1.88. The van der Waals surface area contributed by atoms with Crippen molar-refractivity contribution in [3.05, 3.63) is 84.9 Å². The molecular weight excluding hydrogens is 378 g/mol. The van der Waals surface area contributed by atoms with E-state index in [2.05, 4.69) is 103 Å². The predicted octanol–water partition coefficient (Wildman–Crippen LogP) is 6.43. The molecular formula is C28H21NSi. The highest BCUT2D eigenvalue weighted by molar-refractivity contribution is 7.05. The summed E-state index contributed by atoms with van der Waals surface area (Å²) < 4.78 is 0. The van der Waals surface area contributed by atoms with E-state index in [1.807, 2.05) is 0 Å². The molecule has 0 atom stereocenters. The second-order valence-corrected chi connectivity index (χ2v) is 13.4. The zero-order valence-corrected chi connectivity index (χ0v) is 18.1. The fourth-order valence-corrected chi connectivity index (χ4v) is 9.18. The normalized spacial score (nSPS) is 14.6. The first-order valence-electron chi connectivity index (χ1n) is 10.6. The van der Waals surface area contributed by atoms with Crippen molar-refractivity contribution in [2.24, 2.45) is 0 Å². The molecule has 0 aliphatic carbocycles. The number of hydrogen-bond donors (Lipinski definition) is 1. The van der Waals surface area contributed by atoms with Crippen molar-refractivity contribution in [1.29, 1.82) is 0 Å². The predicted molar refractivity (Wildman–Crippen MR) is 133 cm³/mol. The van der Waals surface area contributed by atoms with Crippen molar-refractivity contribution in [2.75, 3.05) is 0 Å². The molecule has 2 heteroatoms. The Bertz CT molecular complexity index is 1670. The van der Waals surface area contributed by atoms with Crippen molar-refractivity contribution in [3.63, 3.8) is 0 Å². The summed E-state index contributed by atoms with van der Waals surface area (Å²) in [5.74, 6) is 0. The molecule has 1 aliphatic heterocycles. The number of nitrogens with one attached hydrogen (secondary N) is 1. The van der Waals surface area contributed by atoms with Crippen LogP contribution in [0.2, 0.25) is 13.1 Å². The van der Waals surface area contributed by atoms with Gasteiger partial charge < -0.3 is 4.98 Å². The van der Waals surface area contributed by atoms with Gasteiger partial charge >= 0.3 is 0 Å². The molecule has 142 valence electrons. The van der Waals surface area contributed by atoms with E-state index in [4.69, 9.17) is 0 Å². The van der Waals surface area contributed by atoms with Gasteiger partial charge in [-0.15, -0.1) is 0 Å². The van der Waals surface area contributed by atoms with Crippen molar-refractivity contribution in [2.45, 2.75) is 13.1 Å². The van der Waals surface area contributed by atoms with E-state index in [9.17, 15) is 0 Å². The van der Waals surface area contributed by atoms with Crippen molar-refractivity contribution < 1.29 is 0 Å². The van der Waals surface area contributed by atoms with Gasteiger partial charge in [0.05, 0.1) is 0 Å². The van der Waals surface area contributed by atoms with Crippen molar-refractivity contribution >= 4 is 61.8 Å². The summed E-state index contributed by atoms with van der Waals surface area (Å²) in [6, 6.07) is 31.5. The van der Waals surface area contributed by atoms with Crippen molar-refractivity contribution in [1.82, 2.24) is 4.98 Å². The number of rotatable bonds is 0. The molecule has 0 spiro atoms. The van der Waals surface area contributed by atoms with Crippen LogP contribution >= 0.6 is 0 Å². The molecule has 0 bridgehead atoms. The maximum Gasteiger partial charge on any atom is 0.116 e. The average molecular weight is 400 g/mol. The van der Waals surface area contributed by atoms with Crippen LogP contribution in [0, 0.1) is 0 Å². The second-order valence-electron chi connectivity index (χ2n) is 9.08. The highest BCUT2D eigenvalue weighted by atomic mass is 28.3. The largest absolute Gasteiger partial charge is 0.355 e. The Hall–Kier alpha value is -3.36. The summed E-state index contributed by atoms with van der Waals surface area (Å²) in [6.07, 6.45) is 0. The van der Waals surface area contributed by atoms with Gasteiger partial charge in [0, 0.05) is 21.8 Å². The van der Waals surface area contributed by atoms with Crippen LogP contribution in [-0.4, -0.2) is 13.1 Å². The Kier molecular flexibility index (Phi) is 2.96. The number of benzene rings is 5. The van der Waals surface area contributed by atoms with Gasteiger partial charge in [0.1, 0.15) is 8.07 Å². The van der Waals surface area contributed by atoms with Crippen LogP contribution in [-0.2, 0) is 0 Å². The smallest absolute Gasteiger partial charge is 0.116 e. The zero-order chi connectivity index (χ0) is 20.0. The van der Waals surface area contributed by atoms with Crippen LogP contribution in [0.15, 0.2) is 84.9 Å². The molecule has 7 rings (SSSR count). The van der Waals surface area contributed by atoms with Crippen LogP contribution < -0.4 is 10.4 Å². The molecule has 0 saturated heterocycles. The topological polar surface area (TPSA) is 15.8 Å². The van der Waals surface area contributed by atoms with Gasteiger partial charge in [-0.05, 0) is 49.1 Å². The van der Waals surface area contributed by atoms with Gasteiger partial charge in [-0.3, -0.25) is 0 Å². The van der Waals surface area contributed by atoms with Crippen LogP contribution in [0.5, 0.6) is 0 Å². The second kappa shape index (κ2) is 5.41. The Morgan fingerprint density at radius 1 is 0.633 bits per heavy atom.